The summed E-state index contributed by atoms with van der Waals surface area (Å²) in [5, 5.41) is 3.29. The number of nitrogens with two attached hydrogens (primary N) is 1. The van der Waals surface area contributed by atoms with Gasteiger partial charge in [0.15, 0.2) is 0 Å². The van der Waals surface area contributed by atoms with Crippen molar-refractivity contribution in [2.24, 2.45) is 5.73 Å². The Balaban J connectivity index is 2.09. The van der Waals surface area contributed by atoms with E-state index in [0.29, 0.717) is 18.2 Å². The number of hydrogen-bond donors (Lipinski definition) is 2. The topological polar surface area (TPSA) is 47.3 Å². The average Bonchev–Trinajstić information content (AvgIpc) is 3.07. The molecule has 2 rings (SSSR count). The molecular formula is C12H15F3N2O. The van der Waals surface area contributed by atoms with Crippen LogP contribution in [0, 0.1) is 0 Å². The van der Waals surface area contributed by atoms with Crippen molar-refractivity contribution >= 4 is 0 Å². The van der Waals surface area contributed by atoms with Crippen LogP contribution >= 0.6 is 0 Å². The van der Waals surface area contributed by atoms with Gasteiger partial charge < -0.3 is 15.8 Å². The Kier molecular flexibility index (Phi) is 3.77. The van der Waals surface area contributed by atoms with Crippen molar-refractivity contribution in [3.63, 3.8) is 0 Å². The van der Waals surface area contributed by atoms with Crippen molar-refractivity contribution in [2.45, 2.75) is 31.3 Å². The van der Waals surface area contributed by atoms with Gasteiger partial charge in [0, 0.05) is 18.6 Å². The standard InChI is InChI=1S/C12H15F3N2O/c13-12(14,15)18-10-3-1-2-8(6-10)11(7-16)17-9-4-5-9/h1-3,6,9,11,17H,4-5,7,16H2. The summed E-state index contributed by atoms with van der Waals surface area (Å²) >= 11 is 0. The molecular weight excluding hydrogens is 245 g/mol. The molecule has 0 saturated heterocycles. The van der Waals surface area contributed by atoms with Gasteiger partial charge in [0.1, 0.15) is 5.75 Å². The molecule has 1 aromatic carbocycles. The Labute approximate surface area is 103 Å². The first kappa shape index (κ1) is 13.2. The van der Waals surface area contributed by atoms with Gasteiger partial charge in [-0.15, -0.1) is 13.2 Å². The lowest BCUT2D eigenvalue weighted by Crippen LogP contribution is -2.29. The molecule has 1 saturated carbocycles. The normalized spacial score (nSPS) is 17.6. The van der Waals surface area contributed by atoms with E-state index in [9.17, 15) is 13.2 Å². The smallest absolute Gasteiger partial charge is 0.406 e. The van der Waals surface area contributed by atoms with Crippen molar-refractivity contribution in [3.05, 3.63) is 29.8 Å². The van der Waals surface area contributed by atoms with Crippen LogP contribution in [0.4, 0.5) is 13.2 Å². The highest BCUT2D eigenvalue weighted by Gasteiger charge is 2.31. The molecule has 0 bridgehead atoms. The molecule has 1 aliphatic carbocycles. The highest BCUT2D eigenvalue weighted by molar-refractivity contribution is 5.31. The molecule has 0 aromatic heterocycles. The van der Waals surface area contributed by atoms with Crippen LogP contribution in [-0.2, 0) is 0 Å². The fraction of sp³-hybridized carbons (Fsp3) is 0.500. The summed E-state index contributed by atoms with van der Waals surface area (Å²) < 4.78 is 40.2. The molecule has 0 aliphatic heterocycles. The first-order valence-electron chi connectivity index (χ1n) is 5.80. The maximum absolute atomic E-state index is 12.1. The van der Waals surface area contributed by atoms with Crippen molar-refractivity contribution in [2.75, 3.05) is 6.54 Å². The van der Waals surface area contributed by atoms with Gasteiger partial charge in [-0.3, -0.25) is 0 Å². The first-order chi connectivity index (χ1) is 8.48. The van der Waals surface area contributed by atoms with E-state index in [-0.39, 0.29) is 11.8 Å². The molecule has 0 spiro atoms. The van der Waals surface area contributed by atoms with Crippen molar-refractivity contribution < 1.29 is 17.9 Å². The van der Waals surface area contributed by atoms with E-state index < -0.39 is 6.36 Å². The third-order valence-corrected chi connectivity index (χ3v) is 2.74. The Morgan fingerprint density at radius 2 is 2.11 bits per heavy atom. The lowest BCUT2D eigenvalue weighted by atomic mass is 10.1. The first-order valence-corrected chi connectivity index (χ1v) is 5.80. The molecule has 1 unspecified atom stereocenters. The zero-order valence-corrected chi connectivity index (χ0v) is 9.70. The van der Waals surface area contributed by atoms with E-state index in [4.69, 9.17) is 5.73 Å². The van der Waals surface area contributed by atoms with Crippen LogP contribution in [0.2, 0.25) is 0 Å². The van der Waals surface area contributed by atoms with Gasteiger partial charge in [0.2, 0.25) is 0 Å². The van der Waals surface area contributed by atoms with Crippen LogP contribution in [0.15, 0.2) is 24.3 Å². The molecule has 100 valence electrons. The monoisotopic (exact) mass is 260 g/mol. The van der Waals surface area contributed by atoms with Gasteiger partial charge in [0.25, 0.3) is 0 Å². The van der Waals surface area contributed by atoms with Crippen LogP contribution in [0.1, 0.15) is 24.4 Å². The maximum Gasteiger partial charge on any atom is 0.573 e. The summed E-state index contributed by atoms with van der Waals surface area (Å²) in [7, 11) is 0. The minimum atomic E-state index is -4.67. The molecule has 1 aromatic rings. The number of hydrogen-bond acceptors (Lipinski definition) is 3. The van der Waals surface area contributed by atoms with Gasteiger partial charge in [-0.05, 0) is 30.5 Å². The molecule has 1 atom stereocenters. The lowest BCUT2D eigenvalue weighted by Gasteiger charge is -2.18. The van der Waals surface area contributed by atoms with Gasteiger partial charge in [0.05, 0.1) is 0 Å². The summed E-state index contributed by atoms with van der Waals surface area (Å²) in [6.07, 6.45) is -2.48. The number of nitrogens with one attached hydrogen (secondary N) is 1. The zero-order valence-electron chi connectivity index (χ0n) is 9.70. The predicted octanol–water partition coefficient (Wildman–Crippen LogP) is 2.34. The van der Waals surface area contributed by atoms with Crippen LogP contribution in [-0.4, -0.2) is 18.9 Å². The van der Waals surface area contributed by atoms with E-state index >= 15 is 0 Å². The third-order valence-electron chi connectivity index (χ3n) is 2.74. The summed E-state index contributed by atoms with van der Waals surface area (Å²) in [4.78, 5) is 0. The fourth-order valence-electron chi connectivity index (χ4n) is 1.76. The Bertz CT molecular complexity index is 405. The second-order valence-corrected chi connectivity index (χ2v) is 4.35. The number of halogens is 3. The Morgan fingerprint density at radius 1 is 1.39 bits per heavy atom. The highest BCUT2D eigenvalue weighted by atomic mass is 19.4. The molecule has 3 N–H and O–H groups in total. The minimum Gasteiger partial charge on any atom is -0.406 e. The second kappa shape index (κ2) is 5.16. The van der Waals surface area contributed by atoms with E-state index in [2.05, 4.69) is 10.1 Å². The number of alkyl halides is 3. The van der Waals surface area contributed by atoms with E-state index in [1.165, 1.54) is 18.2 Å². The number of rotatable bonds is 5. The van der Waals surface area contributed by atoms with Crippen LogP contribution in [0.5, 0.6) is 5.75 Å². The van der Waals surface area contributed by atoms with E-state index in [1.54, 1.807) is 6.07 Å². The molecule has 1 fully saturated rings. The van der Waals surface area contributed by atoms with Gasteiger partial charge in [-0.2, -0.15) is 0 Å². The molecule has 3 nitrogen and oxygen atoms in total. The molecule has 18 heavy (non-hydrogen) atoms. The third kappa shape index (κ3) is 3.89. The van der Waals surface area contributed by atoms with Crippen LogP contribution in [0.25, 0.3) is 0 Å². The van der Waals surface area contributed by atoms with Crippen molar-refractivity contribution in [3.8, 4) is 5.75 Å². The SMILES string of the molecule is NCC(NC1CC1)c1cccc(OC(F)(F)F)c1. The van der Waals surface area contributed by atoms with E-state index in [1.807, 2.05) is 0 Å². The van der Waals surface area contributed by atoms with Gasteiger partial charge in [-0.1, -0.05) is 12.1 Å². The van der Waals surface area contributed by atoms with Gasteiger partial charge >= 0.3 is 6.36 Å². The predicted molar refractivity (Wildman–Crippen MR) is 61.1 cm³/mol. The highest BCUT2D eigenvalue weighted by Crippen LogP contribution is 2.27. The minimum absolute atomic E-state index is 0.130. The maximum atomic E-state index is 12.1. The summed E-state index contributed by atoms with van der Waals surface area (Å²) in [6, 6.07) is 6.24. The van der Waals surface area contributed by atoms with Crippen LogP contribution < -0.4 is 15.8 Å². The fourth-order valence-corrected chi connectivity index (χ4v) is 1.76. The summed E-state index contributed by atoms with van der Waals surface area (Å²) in [5.74, 6) is -0.212. The van der Waals surface area contributed by atoms with Gasteiger partial charge in [-0.25, -0.2) is 0 Å². The molecule has 6 heteroatoms. The second-order valence-electron chi connectivity index (χ2n) is 4.35. The molecule has 0 amide bonds. The van der Waals surface area contributed by atoms with Crippen molar-refractivity contribution in [1.29, 1.82) is 0 Å². The molecule has 0 heterocycles. The lowest BCUT2D eigenvalue weighted by molar-refractivity contribution is -0.274. The molecule has 1 aliphatic rings. The van der Waals surface area contributed by atoms with E-state index in [0.717, 1.165) is 12.8 Å². The number of benzene rings is 1. The molecule has 0 radical (unpaired) electrons. The largest absolute Gasteiger partial charge is 0.573 e. The van der Waals surface area contributed by atoms with Crippen molar-refractivity contribution in [1.82, 2.24) is 5.32 Å². The van der Waals surface area contributed by atoms with Crippen LogP contribution in [0.3, 0.4) is 0 Å². The Hall–Kier alpha value is -1.27. The Morgan fingerprint density at radius 3 is 2.67 bits per heavy atom. The average molecular weight is 260 g/mol. The number of ether oxygens (including phenoxy) is 1. The summed E-state index contributed by atoms with van der Waals surface area (Å²) in [5.41, 5.74) is 6.35. The zero-order chi connectivity index (χ0) is 13.2. The quantitative estimate of drug-likeness (QED) is 0.854. The summed E-state index contributed by atoms with van der Waals surface area (Å²) in [6.45, 7) is 0.339.